The normalized spacial score (nSPS) is 9.14. The van der Waals surface area contributed by atoms with Gasteiger partial charge in [-0.1, -0.05) is 12.1 Å². The number of ether oxygens (including phenoxy) is 2. The van der Waals surface area contributed by atoms with Crippen LogP contribution in [0.1, 0.15) is 5.56 Å². The number of rotatable bonds is 3. The van der Waals surface area contributed by atoms with Crippen LogP contribution in [0.2, 0.25) is 0 Å². The Morgan fingerprint density at radius 1 is 0.905 bits per heavy atom. The molecular formula is C15H15Cl2N2O2+. The Labute approximate surface area is 133 Å². The lowest BCUT2D eigenvalue weighted by molar-refractivity contribution is 0.412. The second kappa shape index (κ2) is 8.35. The van der Waals surface area contributed by atoms with E-state index in [0.29, 0.717) is 11.4 Å². The Kier molecular flexibility index (Phi) is 6.80. The van der Waals surface area contributed by atoms with Crippen molar-refractivity contribution in [3.05, 3.63) is 46.9 Å². The molecule has 0 saturated heterocycles. The molecule has 4 nitrogen and oxygen atoms in total. The summed E-state index contributed by atoms with van der Waals surface area (Å²) in [6.07, 6.45) is 0. The van der Waals surface area contributed by atoms with Gasteiger partial charge in [0.05, 0.1) is 14.2 Å². The number of diazo groups is 1. The molecule has 0 amide bonds. The second-order valence-corrected chi connectivity index (χ2v) is 4.17. The molecule has 0 radical (unpaired) electrons. The van der Waals surface area contributed by atoms with Crippen LogP contribution in [-0.4, -0.2) is 14.2 Å². The van der Waals surface area contributed by atoms with Gasteiger partial charge >= 0.3 is 5.69 Å². The maximum absolute atomic E-state index is 8.85. The molecule has 2 aromatic rings. The van der Waals surface area contributed by atoms with Crippen molar-refractivity contribution in [2.45, 2.75) is 6.92 Å². The van der Waals surface area contributed by atoms with Gasteiger partial charge in [-0.15, -0.1) is 0 Å². The zero-order chi connectivity index (χ0) is 15.8. The van der Waals surface area contributed by atoms with Crippen LogP contribution in [0.4, 0.5) is 5.69 Å². The van der Waals surface area contributed by atoms with Gasteiger partial charge in [0.2, 0.25) is 11.1 Å². The highest BCUT2D eigenvalue weighted by Gasteiger charge is 2.15. The lowest BCUT2D eigenvalue weighted by Gasteiger charge is -2.08. The number of nitrogens with zero attached hydrogens (tertiary/aromatic N) is 2. The number of hydrogen-bond donors (Lipinski definition) is 0. The van der Waals surface area contributed by atoms with Crippen LogP contribution in [-0.2, 0) is 0 Å². The monoisotopic (exact) mass is 325 g/mol. The maximum Gasteiger partial charge on any atom is 0.426 e. The highest BCUT2D eigenvalue weighted by atomic mass is 36.5. The molecule has 0 unspecified atom stereocenters. The van der Waals surface area contributed by atoms with Crippen LogP contribution in [0.3, 0.4) is 0 Å². The van der Waals surface area contributed by atoms with Crippen molar-refractivity contribution in [3.63, 3.8) is 0 Å². The highest BCUT2D eigenvalue weighted by Crippen LogP contribution is 2.34. The Balaban J connectivity index is 0.00000106. The average molecular weight is 326 g/mol. The van der Waals surface area contributed by atoms with Gasteiger partial charge in [0.25, 0.3) is 0 Å². The SMILES string of the molecule is COc1cc(-c2ccc([N+]#N)c(OC)c2)ccc1C.ClCl. The molecule has 0 aliphatic carbocycles. The lowest BCUT2D eigenvalue weighted by Crippen LogP contribution is -1.89. The van der Waals surface area contributed by atoms with Gasteiger partial charge in [-0.05, 0) is 41.8 Å². The van der Waals surface area contributed by atoms with Crippen LogP contribution in [0, 0.1) is 12.3 Å². The molecule has 0 bridgehead atoms. The van der Waals surface area contributed by atoms with E-state index in [9.17, 15) is 0 Å². The summed E-state index contributed by atoms with van der Waals surface area (Å²) < 4.78 is 10.5. The number of methoxy groups -OCH3 is 2. The quantitative estimate of drug-likeness (QED) is 0.695. The van der Waals surface area contributed by atoms with Crippen LogP contribution in [0.5, 0.6) is 11.5 Å². The van der Waals surface area contributed by atoms with Gasteiger partial charge in [-0.2, -0.15) is 0 Å². The molecular weight excluding hydrogens is 311 g/mol. The van der Waals surface area contributed by atoms with Gasteiger partial charge in [0, 0.05) is 27.8 Å². The van der Waals surface area contributed by atoms with Crippen molar-refractivity contribution < 1.29 is 9.47 Å². The van der Waals surface area contributed by atoms with E-state index >= 15 is 0 Å². The first-order chi connectivity index (χ1) is 10.2. The minimum absolute atomic E-state index is 0.408. The standard InChI is InChI=1S/C15H15N2O2.Cl2/c1-10-4-5-11(8-14(10)18-2)12-6-7-13(17-16)15(9-12)19-3;1-2/h4-9H,1-3H3;/q+1;. The number of hydrogen-bond acceptors (Lipinski definition) is 3. The highest BCUT2D eigenvalue weighted by molar-refractivity contribution is 6.85. The van der Waals surface area contributed by atoms with E-state index in [2.05, 4.69) is 26.7 Å². The Bertz CT molecular complexity index is 655. The summed E-state index contributed by atoms with van der Waals surface area (Å²) >= 11 is 0. The first-order valence-electron chi connectivity index (χ1n) is 6.02. The van der Waals surface area contributed by atoms with Gasteiger partial charge < -0.3 is 9.47 Å². The van der Waals surface area contributed by atoms with E-state index in [-0.39, 0.29) is 0 Å². The summed E-state index contributed by atoms with van der Waals surface area (Å²) in [7, 11) is 11.4. The molecule has 0 aromatic heterocycles. The molecule has 0 saturated carbocycles. The number of aryl methyl sites for hydroxylation is 1. The first kappa shape index (κ1) is 17.1. The van der Waals surface area contributed by atoms with Crippen molar-refractivity contribution >= 4 is 27.4 Å². The molecule has 0 N–H and O–H groups in total. The van der Waals surface area contributed by atoms with Gasteiger partial charge in [0.15, 0.2) is 4.98 Å². The van der Waals surface area contributed by atoms with Crippen molar-refractivity contribution in [1.82, 2.24) is 0 Å². The Hall–Kier alpha value is -1.96. The lowest BCUT2D eigenvalue weighted by atomic mass is 10.0. The Morgan fingerprint density at radius 2 is 1.43 bits per heavy atom. The average Bonchev–Trinajstić information content (AvgIpc) is 2.56. The number of halogens is 2. The zero-order valence-corrected chi connectivity index (χ0v) is 13.4. The van der Waals surface area contributed by atoms with Crippen molar-refractivity contribution in [3.8, 4) is 22.6 Å². The third-order valence-corrected chi connectivity index (χ3v) is 3.03. The smallest absolute Gasteiger partial charge is 0.426 e. The summed E-state index contributed by atoms with van der Waals surface area (Å²) in [5, 5.41) is 8.85. The molecule has 0 spiro atoms. The predicted octanol–water partition coefficient (Wildman–Crippen LogP) is 5.54. The largest absolute Gasteiger partial charge is 0.496 e. The topological polar surface area (TPSA) is 46.6 Å². The van der Waals surface area contributed by atoms with Crippen LogP contribution in [0.25, 0.3) is 16.1 Å². The Morgan fingerprint density at radius 3 is 1.95 bits per heavy atom. The van der Waals surface area contributed by atoms with Crippen molar-refractivity contribution in [2.75, 3.05) is 14.2 Å². The van der Waals surface area contributed by atoms with Crippen LogP contribution >= 0.6 is 21.7 Å². The second-order valence-electron chi connectivity index (χ2n) is 4.17. The van der Waals surface area contributed by atoms with E-state index in [1.165, 1.54) is 0 Å². The summed E-state index contributed by atoms with van der Waals surface area (Å²) in [6.45, 7) is 2.00. The fourth-order valence-corrected chi connectivity index (χ4v) is 1.94. The number of benzene rings is 2. The zero-order valence-electron chi connectivity index (χ0n) is 11.9. The van der Waals surface area contributed by atoms with E-state index in [4.69, 9.17) is 14.9 Å². The van der Waals surface area contributed by atoms with Gasteiger partial charge in [0.1, 0.15) is 5.75 Å². The van der Waals surface area contributed by atoms with Gasteiger partial charge in [-0.25, -0.2) is 0 Å². The summed E-state index contributed by atoms with van der Waals surface area (Å²) in [5.41, 5.74) is 3.48. The maximum atomic E-state index is 8.85. The fourth-order valence-electron chi connectivity index (χ4n) is 1.94. The van der Waals surface area contributed by atoms with E-state index in [1.54, 1.807) is 20.3 Å². The molecule has 0 fully saturated rings. The molecule has 0 heterocycles. The van der Waals surface area contributed by atoms with Crippen molar-refractivity contribution in [2.24, 2.45) is 0 Å². The minimum Gasteiger partial charge on any atom is -0.496 e. The predicted molar refractivity (Wildman–Crippen MR) is 86.2 cm³/mol. The van der Waals surface area contributed by atoms with Crippen LogP contribution < -0.4 is 9.47 Å². The minimum atomic E-state index is 0.408. The first-order valence-corrected chi connectivity index (χ1v) is 7.16. The molecule has 2 aromatic carbocycles. The summed E-state index contributed by atoms with van der Waals surface area (Å²) in [5.74, 6) is 1.37. The summed E-state index contributed by atoms with van der Waals surface area (Å²) in [4.78, 5) is 3.17. The van der Waals surface area contributed by atoms with E-state index < -0.39 is 0 Å². The molecule has 2 rings (SSSR count). The van der Waals surface area contributed by atoms with Gasteiger partial charge in [-0.3, -0.25) is 0 Å². The van der Waals surface area contributed by atoms with Crippen LogP contribution in [0.15, 0.2) is 36.4 Å². The summed E-state index contributed by atoms with van der Waals surface area (Å²) in [6, 6.07) is 11.4. The third-order valence-electron chi connectivity index (χ3n) is 3.03. The third kappa shape index (κ3) is 4.01. The molecule has 0 aliphatic heterocycles. The molecule has 110 valence electrons. The van der Waals surface area contributed by atoms with E-state index in [1.807, 2.05) is 37.3 Å². The molecule has 0 aliphatic rings. The molecule has 0 atom stereocenters. The fraction of sp³-hybridized carbons (Fsp3) is 0.200. The van der Waals surface area contributed by atoms with E-state index in [0.717, 1.165) is 22.4 Å². The van der Waals surface area contributed by atoms with Crippen molar-refractivity contribution in [1.29, 1.82) is 5.39 Å². The molecule has 21 heavy (non-hydrogen) atoms. The molecule has 6 heteroatoms.